The first-order valence-corrected chi connectivity index (χ1v) is 6.89. The summed E-state index contributed by atoms with van der Waals surface area (Å²) in [6, 6.07) is 23.7. The standard InChI is InChI=1S/C20H14O/c21-19(14-13-16-7-2-1-3-8-16)15-18-11-6-10-17-9-4-5-12-20(17)18/h1-12H,15H2. The summed E-state index contributed by atoms with van der Waals surface area (Å²) in [4.78, 5) is 12.1. The fourth-order valence-corrected chi connectivity index (χ4v) is 2.33. The summed E-state index contributed by atoms with van der Waals surface area (Å²) in [6.07, 6.45) is 0.348. The summed E-state index contributed by atoms with van der Waals surface area (Å²) in [7, 11) is 0. The van der Waals surface area contributed by atoms with Crippen LogP contribution >= 0.6 is 0 Å². The van der Waals surface area contributed by atoms with E-state index < -0.39 is 0 Å². The van der Waals surface area contributed by atoms with Crippen LogP contribution in [-0.2, 0) is 11.2 Å². The van der Waals surface area contributed by atoms with Crippen LogP contribution in [0.5, 0.6) is 0 Å². The highest BCUT2D eigenvalue weighted by atomic mass is 16.1. The fourth-order valence-electron chi connectivity index (χ4n) is 2.33. The van der Waals surface area contributed by atoms with E-state index >= 15 is 0 Å². The van der Waals surface area contributed by atoms with Gasteiger partial charge < -0.3 is 0 Å². The van der Waals surface area contributed by atoms with Gasteiger partial charge in [-0.25, -0.2) is 0 Å². The molecule has 21 heavy (non-hydrogen) atoms. The lowest BCUT2D eigenvalue weighted by Gasteiger charge is -2.03. The number of benzene rings is 3. The van der Waals surface area contributed by atoms with Gasteiger partial charge in [0.25, 0.3) is 0 Å². The lowest BCUT2D eigenvalue weighted by molar-refractivity contribution is -0.113. The van der Waals surface area contributed by atoms with Crippen LogP contribution in [0.1, 0.15) is 11.1 Å². The van der Waals surface area contributed by atoms with Crippen molar-refractivity contribution in [3.63, 3.8) is 0 Å². The van der Waals surface area contributed by atoms with Gasteiger partial charge in [-0.1, -0.05) is 66.6 Å². The molecule has 100 valence electrons. The summed E-state index contributed by atoms with van der Waals surface area (Å²) in [6.45, 7) is 0. The summed E-state index contributed by atoms with van der Waals surface area (Å²) in [5.74, 6) is 5.58. The first-order valence-electron chi connectivity index (χ1n) is 6.89. The zero-order valence-corrected chi connectivity index (χ0v) is 11.5. The normalized spacial score (nSPS) is 9.90. The minimum absolute atomic E-state index is 0.0600. The number of ketones is 1. The number of hydrogen-bond donors (Lipinski definition) is 0. The van der Waals surface area contributed by atoms with Gasteiger partial charge in [0.2, 0.25) is 5.78 Å². The number of Topliss-reactive ketones (excluding diaryl/α,β-unsaturated/α-hetero) is 1. The van der Waals surface area contributed by atoms with Crippen LogP contribution in [0.4, 0.5) is 0 Å². The molecule has 1 heteroatoms. The maximum Gasteiger partial charge on any atom is 0.210 e. The Morgan fingerprint density at radius 2 is 1.52 bits per heavy atom. The van der Waals surface area contributed by atoms with Crippen molar-refractivity contribution in [1.82, 2.24) is 0 Å². The van der Waals surface area contributed by atoms with E-state index in [4.69, 9.17) is 0 Å². The summed E-state index contributed by atoms with van der Waals surface area (Å²) in [5, 5.41) is 2.27. The molecule has 0 fully saturated rings. The van der Waals surface area contributed by atoms with Gasteiger partial charge in [0.1, 0.15) is 0 Å². The lowest BCUT2D eigenvalue weighted by atomic mass is 10.0. The summed E-state index contributed by atoms with van der Waals surface area (Å²) < 4.78 is 0. The fraction of sp³-hybridized carbons (Fsp3) is 0.0500. The van der Waals surface area contributed by atoms with Crippen LogP contribution < -0.4 is 0 Å². The van der Waals surface area contributed by atoms with Crippen molar-refractivity contribution in [2.45, 2.75) is 6.42 Å². The van der Waals surface area contributed by atoms with Gasteiger partial charge in [-0.15, -0.1) is 0 Å². The smallest absolute Gasteiger partial charge is 0.210 e. The van der Waals surface area contributed by atoms with E-state index in [0.717, 1.165) is 21.9 Å². The van der Waals surface area contributed by atoms with Crippen molar-refractivity contribution in [2.75, 3.05) is 0 Å². The predicted octanol–water partition coefficient (Wildman–Crippen LogP) is 4.00. The molecule has 0 unspecified atom stereocenters. The molecule has 0 heterocycles. The van der Waals surface area contributed by atoms with Gasteiger partial charge in [0.05, 0.1) is 0 Å². The Bertz CT molecular complexity index is 830. The van der Waals surface area contributed by atoms with Crippen molar-refractivity contribution in [3.05, 3.63) is 83.9 Å². The molecule has 0 aromatic heterocycles. The van der Waals surface area contributed by atoms with Crippen molar-refractivity contribution in [3.8, 4) is 11.8 Å². The maximum atomic E-state index is 12.1. The second-order valence-corrected chi connectivity index (χ2v) is 4.85. The number of hydrogen-bond acceptors (Lipinski definition) is 1. The minimum Gasteiger partial charge on any atom is -0.285 e. The van der Waals surface area contributed by atoms with Crippen molar-refractivity contribution in [2.24, 2.45) is 0 Å². The van der Waals surface area contributed by atoms with E-state index in [9.17, 15) is 4.79 Å². The van der Waals surface area contributed by atoms with Crippen molar-refractivity contribution >= 4 is 16.6 Å². The zero-order valence-electron chi connectivity index (χ0n) is 11.5. The Balaban J connectivity index is 1.83. The first kappa shape index (κ1) is 13.1. The van der Waals surface area contributed by atoms with E-state index in [0.29, 0.717) is 6.42 Å². The molecule has 3 aromatic carbocycles. The SMILES string of the molecule is O=C(C#Cc1ccccc1)Cc1cccc2ccccc12. The molecule has 0 atom stereocenters. The Morgan fingerprint density at radius 1 is 0.810 bits per heavy atom. The topological polar surface area (TPSA) is 17.1 Å². The molecule has 3 aromatic rings. The zero-order chi connectivity index (χ0) is 14.5. The average Bonchev–Trinajstić information content (AvgIpc) is 2.54. The van der Waals surface area contributed by atoms with E-state index in [2.05, 4.69) is 24.0 Å². The first-order chi connectivity index (χ1) is 10.3. The predicted molar refractivity (Wildman–Crippen MR) is 86.0 cm³/mol. The maximum absolute atomic E-state index is 12.1. The van der Waals surface area contributed by atoms with Crippen LogP contribution in [0.3, 0.4) is 0 Å². The Morgan fingerprint density at radius 3 is 2.38 bits per heavy atom. The van der Waals surface area contributed by atoms with Gasteiger partial charge >= 0.3 is 0 Å². The van der Waals surface area contributed by atoms with Gasteiger partial charge in [0, 0.05) is 12.0 Å². The summed E-state index contributed by atoms with van der Waals surface area (Å²) >= 11 is 0. The van der Waals surface area contributed by atoms with Gasteiger partial charge in [-0.05, 0) is 34.4 Å². The molecule has 0 aliphatic heterocycles. The largest absolute Gasteiger partial charge is 0.285 e. The monoisotopic (exact) mass is 270 g/mol. The van der Waals surface area contributed by atoms with E-state index in [1.807, 2.05) is 60.7 Å². The molecule has 0 saturated carbocycles. The third-order valence-corrected chi connectivity index (χ3v) is 3.35. The van der Waals surface area contributed by atoms with Gasteiger partial charge in [-0.2, -0.15) is 0 Å². The molecule has 0 spiro atoms. The Labute approximate surface area is 124 Å². The highest BCUT2D eigenvalue weighted by Crippen LogP contribution is 2.18. The second-order valence-electron chi connectivity index (χ2n) is 4.85. The quantitative estimate of drug-likeness (QED) is 0.643. The molecule has 0 amide bonds. The molecule has 0 saturated heterocycles. The third kappa shape index (κ3) is 3.19. The molecule has 0 aliphatic carbocycles. The van der Waals surface area contributed by atoms with Crippen LogP contribution in [0.2, 0.25) is 0 Å². The Hall–Kier alpha value is -2.85. The average molecular weight is 270 g/mol. The molecule has 0 bridgehead atoms. The number of carbonyl (C=O) groups is 1. The second kappa shape index (κ2) is 6.07. The van der Waals surface area contributed by atoms with Crippen LogP contribution in [0.25, 0.3) is 10.8 Å². The molecule has 3 rings (SSSR count). The number of rotatable bonds is 2. The van der Waals surface area contributed by atoms with Gasteiger partial charge in [-0.3, -0.25) is 4.79 Å². The number of fused-ring (bicyclic) bond motifs is 1. The van der Waals surface area contributed by atoms with Crippen LogP contribution in [0, 0.1) is 11.8 Å². The number of carbonyl (C=O) groups excluding carboxylic acids is 1. The van der Waals surface area contributed by atoms with Crippen molar-refractivity contribution in [1.29, 1.82) is 0 Å². The third-order valence-electron chi connectivity index (χ3n) is 3.35. The minimum atomic E-state index is -0.0600. The highest BCUT2D eigenvalue weighted by molar-refractivity contribution is 6.00. The van der Waals surface area contributed by atoms with Crippen LogP contribution in [-0.4, -0.2) is 5.78 Å². The molecule has 0 N–H and O–H groups in total. The van der Waals surface area contributed by atoms with Crippen molar-refractivity contribution < 1.29 is 4.79 Å². The summed E-state index contributed by atoms with van der Waals surface area (Å²) in [5.41, 5.74) is 1.89. The molecule has 1 nitrogen and oxygen atoms in total. The molecule has 0 aliphatic rings. The van der Waals surface area contributed by atoms with E-state index in [-0.39, 0.29) is 5.78 Å². The van der Waals surface area contributed by atoms with Gasteiger partial charge in [0.15, 0.2) is 0 Å². The molecular formula is C20H14O. The van der Waals surface area contributed by atoms with E-state index in [1.165, 1.54) is 0 Å². The van der Waals surface area contributed by atoms with E-state index in [1.54, 1.807) is 0 Å². The Kier molecular flexibility index (Phi) is 3.80. The molecule has 0 radical (unpaired) electrons. The molecular weight excluding hydrogens is 256 g/mol. The highest BCUT2D eigenvalue weighted by Gasteiger charge is 2.04. The van der Waals surface area contributed by atoms with Crippen LogP contribution in [0.15, 0.2) is 72.8 Å². The lowest BCUT2D eigenvalue weighted by Crippen LogP contribution is -1.99.